The largest absolute Gasteiger partial charge is 0.394 e. The zero-order valence-corrected chi connectivity index (χ0v) is 13.5. The average Bonchev–Trinajstić information content (AvgIpc) is 2.39. The summed E-state index contributed by atoms with van der Waals surface area (Å²) in [5.74, 6) is 0. The molecule has 0 saturated heterocycles. The molecule has 0 aliphatic carbocycles. The van der Waals surface area contributed by atoms with Crippen molar-refractivity contribution in [1.29, 1.82) is 0 Å². The van der Waals surface area contributed by atoms with Crippen molar-refractivity contribution < 1.29 is 29.1 Å². The fraction of sp³-hybridized carbons (Fsp3) is 1.00. The van der Waals surface area contributed by atoms with Gasteiger partial charge in [-0.3, -0.25) is 9.13 Å². The number of aliphatic hydroxyl groups excluding tert-OH is 2. The van der Waals surface area contributed by atoms with Gasteiger partial charge in [0.2, 0.25) is 0 Å². The molecule has 0 bridgehead atoms. The van der Waals surface area contributed by atoms with Gasteiger partial charge in [-0.15, -0.1) is 0 Å². The lowest BCUT2D eigenvalue weighted by molar-refractivity contribution is 0.186. The van der Waals surface area contributed by atoms with E-state index < -0.39 is 14.7 Å². The van der Waals surface area contributed by atoms with Gasteiger partial charge >= 0.3 is 0 Å². The van der Waals surface area contributed by atoms with E-state index in [9.17, 15) is 9.13 Å². The van der Waals surface area contributed by atoms with Crippen LogP contribution in [-0.2, 0) is 9.13 Å². The van der Waals surface area contributed by atoms with Gasteiger partial charge in [0, 0.05) is 24.6 Å². The summed E-state index contributed by atoms with van der Waals surface area (Å²) in [6.07, 6.45) is 1.62. The van der Waals surface area contributed by atoms with Gasteiger partial charge in [-0.05, 0) is 0 Å². The molecule has 0 atom stereocenters. The van der Waals surface area contributed by atoms with Crippen molar-refractivity contribution in [3.63, 3.8) is 0 Å². The Hall–Kier alpha value is 0.300. The minimum atomic E-state index is -2.65. The van der Waals surface area contributed by atoms with E-state index >= 15 is 0 Å². The molecule has 18 heavy (non-hydrogen) atoms. The Kier molecular flexibility index (Phi) is 17.8. The number of rotatable bonds is 5. The lowest BCUT2D eigenvalue weighted by Gasteiger charge is -2.01. The summed E-state index contributed by atoms with van der Waals surface area (Å²) in [5, 5.41) is 15.2. The van der Waals surface area contributed by atoms with Gasteiger partial charge in [-0.25, -0.2) is 0 Å². The zero-order chi connectivity index (χ0) is 15.2. The quantitative estimate of drug-likeness (QED) is 0.573. The van der Waals surface area contributed by atoms with E-state index in [4.69, 9.17) is 20.0 Å². The first-order chi connectivity index (χ1) is 8.16. The van der Waals surface area contributed by atoms with Crippen molar-refractivity contribution >= 4 is 14.7 Å². The first-order valence-corrected chi connectivity index (χ1v) is 10.1. The van der Waals surface area contributed by atoms with Crippen LogP contribution in [0.2, 0.25) is 0 Å². The normalized spacial score (nSPS) is 10.9. The molecule has 0 spiro atoms. The van der Waals surface area contributed by atoms with E-state index in [-0.39, 0.29) is 13.2 Å². The second kappa shape index (κ2) is 13.7. The lowest BCUT2D eigenvalue weighted by Crippen LogP contribution is -1.85. The number of aliphatic hydroxyl groups is 2. The molecule has 0 unspecified atom stereocenters. The predicted octanol–water partition coefficient (Wildman–Crippen LogP) is 1.56. The van der Waals surface area contributed by atoms with Crippen molar-refractivity contribution in [2.24, 2.45) is 0 Å². The minimum absolute atomic E-state index is 0.125. The lowest BCUT2D eigenvalue weighted by atomic mass is 10.8. The average molecular weight is 306 g/mol. The molecule has 0 aliphatic rings. The molecule has 0 amide bonds. The maximum atomic E-state index is 10.5. The summed E-state index contributed by atoms with van der Waals surface area (Å²) in [5.41, 5.74) is 0. The zero-order valence-electron chi connectivity index (χ0n) is 11.7. The van der Waals surface area contributed by atoms with Crippen LogP contribution in [0.4, 0.5) is 0 Å². The molecule has 114 valence electrons. The molecule has 0 aromatic rings. The second-order valence-electron chi connectivity index (χ2n) is 3.40. The van der Waals surface area contributed by atoms with Crippen LogP contribution in [0.25, 0.3) is 0 Å². The van der Waals surface area contributed by atoms with Crippen molar-refractivity contribution in [2.75, 3.05) is 37.9 Å². The Bertz CT molecular complexity index is 215. The standard InChI is InChI=1S/2C4H11O2P.C2H6O2/c2*1-3-7(5,6)4-2;3-1-2-4/h2*3-4H2,1-2H3,(H,5,6);3-4H,1-2H2. The summed E-state index contributed by atoms with van der Waals surface area (Å²) in [7, 11) is -5.31. The van der Waals surface area contributed by atoms with Crippen molar-refractivity contribution in [1.82, 2.24) is 0 Å². The third-order valence-electron chi connectivity index (χ3n) is 2.08. The van der Waals surface area contributed by atoms with Crippen LogP contribution < -0.4 is 0 Å². The monoisotopic (exact) mass is 306 g/mol. The van der Waals surface area contributed by atoms with Gasteiger partial charge in [0.15, 0.2) is 14.7 Å². The van der Waals surface area contributed by atoms with E-state index in [1.54, 1.807) is 27.7 Å². The second-order valence-corrected chi connectivity index (χ2v) is 9.32. The highest BCUT2D eigenvalue weighted by atomic mass is 31.2. The van der Waals surface area contributed by atoms with Crippen LogP contribution in [-0.4, -0.2) is 57.9 Å². The first kappa shape index (κ1) is 23.4. The summed E-state index contributed by atoms with van der Waals surface area (Å²) < 4.78 is 21.0. The van der Waals surface area contributed by atoms with Gasteiger partial charge in [0.25, 0.3) is 0 Å². The van der Waals surface area contributed by atoms with Gasteiger partial charge in [0.05, 0.1) is 13.2 Å². The van der Waals surface area contributed by atoms with Crippen LogP contribution >= 0.6 is 14.7 Å². The molecule has 6 nitrogen and oxygen atoms in total. The number of hydrogen-bond donors (Lipinski definition) is 4. The van der Waals surface area contributed by atoms with E-state index in [1.165, 1.54) is 0 Å². The van der Waals surface area contributed by atoms with Gasteiger partial charge < -0.3 is 20.0 Å². The van der Waals surface area contributed by atoms with E-state index in [0.717, 1.165) is 0 Å². The molecule has 0 heterocycles. The van der Waals surface area contributed by atoms with Crippen molar-refractivity contribution in [3.8, 4) is 0 Å². The third kappa shape index (κ3) is 21.6. The molecular formula is C10H28O6P2. The smallest absolute Gasteiger partial charge is 0.200 e. The van der Waals surface area contributed by atoms with E-state index in [1.807, 2.05) is 0 Å². The fourth-order valence-electron chi connectivity index (χ4n) is 0.447. The maximum absolute atomic E-state index is 10.5. The SMILES string of the molecule is CCP(=O)(O)CC.CCP(=O)(O)CC.OCCO. The number of hydrogen-bond acceptors (Lipinski definition) is 4. The van der Waals surface area contributed by atoms with Gasteiger partial charge in [-0.2, -0.15) is 0 Å². The van der Waals surface area contributed by atoms with Gasteiger partial charge in [0.1, 0.15) is 0 Å². The Balaban J connectivity index is -0.000000196. The highest BCUT2D eigenvalue weighted by molar-refractivity contribution is 7.58. The van der Waals surface area contributed by atoms with Crippen molar-refractivity contribution in [3.05, 3.63) is 0 Å². The molecule has 0 aliphatic heterocycles. The summed E-state index contributed by atoms with van der Waals surface area (Å²) in [4.78, 5) is 17.4. The van der Waals surface area contributed by atoms with Crippen molar-refractivity contribution in [2.45, 2.75) is 27.7 Å². The molecule has 0 saturated carbocycles. The highest BCUT2D eigenvalue weighted by Crippen LogP contribution is 2.38. The van der Waals surface area contributed by atoms with Crippen LogP contribution in [0.15, 0.2) is 0 Å². The third-order valence-corrected chi connectivity index (χ3v) is 6.03. The van der Waals surface area contributed by atoms with Gasteiger partial charge in [-0.1, -0.05) is 27.7 Å². The predicted molar refractivity (Wildman–Crippen MR) is 76.0 cm³/mol. The Morgan fingerprint density at radius 3 is 0.833 bits per heavy atom. The summed E-state index contributed by atoms with van der Waals surface area (Å²) >= 11 is 0. The maximum Gasteiger partial charge on any atom is 0.200 e. The van der Waals surface area contributed by atoms with E-state index in [0.29, 0.717) is 24.6 Å². The molecule has 4 N–H and O–H groups in total. The van der Waals surface area contributed by atoms with E-state index in [2.05, 4.69) is 0 Å². The Morgan fingerprint density at radius 2 is 0.833 bits per heavy atom. The molecule has 0 rings (SSSR count). The molecular weight excluding hydrogens is 278 g/mol. The summed E-state index contributed by atoms with van der Waals surface area (Å²) in [6.45, 7) is 6.66. The van der Waals surface area contributed by atoms with Crippen LogP contribution in [0.5, 0.6) is 0 Å². The fourth-order valence-corrected chi connectivity index (χ4v) is 1.34. The molecule has 0 aromatic carbocycles. The molecule has 0 aromatic heterocycles. The Morgan fingerprint density at radius 1 is 0.667 bits per heavy atom. The molecule has 0 radical (unpaired) electrons. The highest BCUT2D eigenvalue weighted by Gasteiger charge is 2.09. The van der Waals surface area contributed by atoms with Crippen LogP contribution in [0.3, 0.4) is 0 Å². The topological polar surface area (TPSA) is 115 Å². The molecule has 8 heteroatoms. The molecule has 0 fully saturated rings. The van der Waals surface area contributed by atoms with Crippen LogP contribution in [0, 0.1) is 0 Å². The first-order valence-electron chi connectivity index (χ1n) is 5.99. The van der Waals surface area contributed by atoms with Crippen LogP contribution in [0.1, 0.15) is 27.7 Å². The summed E-state index contributed by atoms with van der Waals surface area (Å²) in [6, 6.07) is 0. The Labute approximate surface area is 110 Å². The minimum Gasteiger partial charge on any atom is -0.394 e.